The van der Waals surface area contributed by atoms with Crippen LogP contribution in [0.25, 0.3) is 20.8 Å². The van der Waals surface area contributed by atoms with Gasteiger partial charge in [-0.1, -0.05) is 31.4 Å². The number of nitrogens with zero attached hydrogens (tertiary/aromatic N) is 2. The highest BCUT2D eigenvalue weighted by atomic mass is 32.1. The van der Waals surface area contributed by atoms with E-state index in [9.17, 15) is 4.79 Å². The minimum absolute atomic E-state index is 0.0529. The molecule has 1 fully saturated rings. The Balaban J connectivity index is 1.37. The standard InChI is InChI=1S/C22H24N2O2S/c1-24(17-7-3-2-4-8-17)21(25)15-26-18-13-11-16(12-14-18)22-23-19-9-5-6-10-20(19)27-22/h5-6,9-14,17H,2-4,7-8,15H2,1H3. The summed E-state index contributed by atoms with van der Waals surface area (Å²) in [6, 6.07) is 16.3. The van der Waals surface area contributed by atoms with Crippen LogP contribution in [0.4, 0.5) is 0 Å². The molecule has 1 aliphatic rings. The van der Waals surface area contributed by atoms with Crippen molar-refractivity contribution in [1.29, 1.82) is 0 Å². The number of para-hydroxylation sites is 1. The van der Waals surface area contributed by atoms with Gasteiger partial charge in [0, 0.05) is 18.7 Å². The Morgan fingerprint density at radius 2 is 1.85 bits per heavy atom. The van der Waals surface area contributed by atoms with Crippen molar-refractivity contribution in [2.75, 3.05) is 13.7 Å². The number of ether oxygens (including phenoxy) is 1. The minimum Gasteiger partial charge on any atom is -0.484 e. The number of rotatable bonds is 5. The summed E-state index contributed by atoms with van der Waals surface area (Å²) in [5.41, 5.74) is 2.09. The second-order valence-corrected chi connectivity index (χ2v) is 8.13. The van der Waals surface area contributed by atoms with E-state index in [1.54, 1.807) is 11.3 Å². The van der Waals surface area contributed by atoms with Gasteiger partial charge in [0.1, 0.15) is 10.8 Å². The zero-order chi connectivity index (χ0) is 18.6. The molecule has 1 aromatic heterocycles. The molecule has 0 bridgehead atoms. The van der Waals surface area contributed by atoms with E-state index in [2.05, 4.69) is 11.1 Å². The molecule has 0 radical (unpaired) electrons. The average Bonchev–Trinajstić information content (AvgIpc) is 3.17. The molecule has 4 rings (SSSR count). The summed E-state index contributed by atoms with van der Waals surface area (Å²) in [7, 11) is 1.90. The van der Waals surface area contributed by atoms with Crippen molar-refractivity contribution in [3.05, 3.63) is 48.5 Å². The molecule has 0 spiro atoms. The summed E-state index contributed by atoms with van der Waals surface area (Å²) in [5.74, 6) is 0.766. The van der Waals surface area contributed by atoms with Crippen molar-refractivity contribution in [1.82, 2.24) is 9.88 Å². The molecule has 0 N–H and O–H groups in total. The van der Waals surface area contributed by atoms with E-state index in [-0.39, 0.29) is 12.5 Å². The molecular formula is C22H24N2O2S. The molecule has 0 saturated heterocycles. The second-order valence-electron chi connectivity index (χ2n) is 7.10. The van der Waals surface area contributed by atoms with Crippen molar-refractivity contribution in [2.45, 2.75) is 38.1 Å². The van der Waals surface area contributed by atoms with Crippen molar-refractivity contribution < 1.29 is 9.53 Å². The van der Waals surface area contributed by atoms with E-state index >= 15 is 0 Å². The number of benzene rings is 2. The van der Waals surface area contributed by atoms with E-state index in [0.29, 0.717) is 11.8 Å². The van der Waals surface area contributed by atoms with Gasteiger partial charge in [0.2, 0.25) is 0 Å². The van der Waals surface area contributed by atoms with Gasteiger partial charge in [-0.2, -0.15) is 0 Å². The van der Waals surface area contributed by atoms with E-state index < -0.39 is 0 Å². The van der Waals surface area contributed by atoms with Crippen LogP contribution in [0.15, 0.2) is 48.5 Å². The highest BCUT2D eigenvalue weighted by Crippen LogP contribution is 2.31. The summed E-state index contributed by atoms with van der Waals surface area (Å²) < 4.78 is 6.91. The maximum atomic E-state index is 12.4. The molecule has 1 heterocycles. The Hall–Kier alpha value is -2.40. The maximum Gasteiger partial charge on any atom is 0.260 e. The van der Waals surface area contributed by atoms with Gasteiger partial charge >= 0.3 is 0 Å². The molecular weight excluding hydrogens is 356 g/mol. The number of carbonyl (C=O) groups excluding carboxylic acids is 1. The lowest BCUT2D eigenvalue weighted by molar-refractivity contribution is -0.134. The lowest BCUT2D eigenvalue weighted by Gasteiger charge is -2.31. The first-order valence-electron chi connectivity index (χ1n) is 9.55. The molecule has 1 aliphatic carbocycles. The molecule has 4 nitrogen and oxygen atoms in total. The van der Waals surface area contributed by atoms with Crippen LogP contribution < -0.4 is 4.74 Å². The van der Waals surface area contributed by atoms with Crippen LogP contribution in [-0.4, -0.2) is 35.5 Å². The average molecular weight is 381 g/mol. The Labute approximate surface area is 163 Å². The van der Waals surface area contributed by atoms with Gasteiger partial charge in [-0.05, 0) is 49.2 Å². The predicted molar refractivity (Wildman–Crippen MR) is 110 cm³/mol. The van der Waals surface area contributed by atoms with Crippen LogP contribution >= 0.6 is 11.3 Å². The summed E-state index contributed by atoms with van der Waals surface area (Å²) in [5, 5.41) is 0.996. The monoisotopic (exact) mass is 380 g/mol. The maximum absolute atomic E-state index is 12.4. The number of thiazole rings is 1. The molecule has 5 heteroatoms. The molecule has 0 atom stereocenters. The Morgan fingerprint density at radius 3 is 2.59 bits per heavy atom. The largest absolute Gasteiger partial charge is 0.484 e. The number of hydrogen-bond donors (Lipinski definition) is 0. The zero-order valence-electron chi connectivity index (χ0n) is 15.6. The number of amides is 1. The Morgan fingerprint density at radius 1 is 1.11 bits per heavy atom. The number of carbonyl (C=O) groups is 1. The molecule has 0 aliphatic heterocycles. The molecule has 0 unspecified atom stereocenters. The van der Waals surface area contributed by atoms with Gasteiger partial charge in [-0.3, -0.25) is 4.79 Å². The fourth-order valence-electron chi connectivity index (χ4n) is 3.61. The fraction of sp³-hybridized carbons (Fsp3) is 0.364. The molecule has 2 aromatic carbocycles. The number of likely N-dealkylation sites (N-methyl/N-ethyl adjacent to an activating group) is 1. The highest BCUT2D eigenvalue weighted by molar-refractivity contribution is 7.21. The normalized spacial score (nSPS) is 15.0. The van der Waals surface area contributed by atoms with Crippen molar-refractivity contribution >= 4 is 27.5 Å². The van der Waals surface area contributed by atoms with Crippen LogP contribution in [0.2, 0.25) is 0 Å². The third-order valence-corrected chi connectivity index (χ3v) is 6.36. The summed E-state index contributed by atoms with van der Waals surface area (Å²) in [6.45, 7) is 0.0908. The summed E-state index contributed by atoms with van der Waals surface area (Å²) >= 11 is 1.68. The molecule has 1 saturated carbocycles. The van der Waals surface area contributed by atoms with E-state index in [0.717, 1.165) is 28.9 Å². The second kappa shape index (κ2) is 8.09. The summed E-state index contributed by atoms with van der Waals surface area (Å²) in [4.78, 5) is 18.9. The first kappa shape index (κ1) is 18.0. The van der Waals surface area contributed by atoms with Gasteiger partial charge in [-0.15, -0.1) is 11.3 Å². The zero-order valence-corrected chi connectivity index (χ0v) is 16.4. The third kappa shape index (κ3) is 4.14. The van der Waals surface area contributed by atoms with Crippen LogP contribution in [0.5, 0.6) is 5.75 Å². The van der Waals surface area contributed by atoms with Crippen molar-refractivity contribution in [3.8, 4) is 16.3 Å². The predicted octanol–water partition coefficient (Wildman–Crippen LogP) is 5.13. The quantitative estimate of drug-likeness (QED) is 0.616. The smallest absolute Gasteiger partial charge is 0.260 e. The topological polar surface area (TPSA) is 42.4 Å². The van der Waals surface area contributed by atoms with Crippen molar-refractivity contribution in [3.63, 3.8) is 0 Å². The van der Waals surface area contributed by atoms with Gasteiger partial charge in [-0.25, -0.2) is 4.98 Å². The Kier molecular flexibility index (Phi) is 5.39. The minimum atomic E-state index is 0.0529. The van der Waals surface area contributed by atoms with E-state index in [1.807, 2.05) is 54.4 Å². The highest BCUT2D eigenvalue weighted by Gasteiger charge is 2.22. The van der Waals surface area contributed by atoms with Crippen LogP contribution in [0.1, 0.15) is 32.1 Å². The molecule has 27 heavy (non-hydrogen) atoms. The number of hydrogen-bond acceptors (Lipinski definition) is 4. The van der Waals surface area contributed by atoms with Crippen LogP contribution in [0, 0.1) is 0 Å². The SMILES string of the molecule is CN(C(=O)COc1ccc(-c2nc3ccccc3s2)cc1)C1CCCCC1. The fourth-order valence-corrected chi connectivity index (χ4v) is 4.58. The summed E-state index contributed by atoms with van der Waals surface area (Å²) in [6.07, 6.45) is 5.95. The van der Waals surface area contributed by atoms with Crippen LogP contribution in [0.3, 0.4) is 0 Å². The lowest BCUT2D eigenvalue weighted by Crippen LogP contribution is -2.40. The third-order valence-electron chi connectivity index (χ3n) is 5.27. The number of fused-ring (bicyclic) bond motifs is 1. The first-order valence-corrected chi connectivity index (χ1v) is 10.4. The van der Waals surface area contributed by atoms with E-state index in [1.165, 1.54) is 24.0 Å². The molecule has 3 aromatic rings. The lowest BCUT2D eigenvalue weighted by atomic mass is 9.94. The van der Waals surface area contributed by atoms with Gasteiger partial charge in [0.15, 0.2) is 6.61 Å². The van der Waals surface area contributed by atoms with Crippen molar-refractivity contribution in [2.24, 2.45) is 0 Å². The molecule has 1 amide bonds. The first-order chi connectivity index (χ1) is 13.2. The Bertz CT molecular complexity index is 880. The molecule has 140 valence electrons. The number of aromatic nitrogens is 1. The van der Waals surface area contributed by atoms with Gasteiger partial charge in [0.05, 0.1) is 10.2 Å². The van der Waals surface area contributed by atoms with Gasteiger partial charge < -0.3 is 9.64 Å². The van der Waals surface area contributed by atoms with Crippen LogP contribution in [-0.2, 0) is 4.79 Å². The van der Waals surface area contributed by atoms with E-state index in [4.69, 9.17) is 4.74 Å². The van der Waals surface area contributed by atoms with Gasteiger partial charge in [0.25, 0.3) is 5.91 Å².